The van der Waals surface area contributed by atoms with Crippen LogP contribution in [0.3, 0.4) is 0 Å². The lowest BCUT2D eigenvalue weighted by Gasteiger charge is -2.30. The molecule has 1 fully saturated rings. The summed E-state index contributed by atoms with van der Waals surface area (Å²) >= 11 is 0. The number of carboxylic acids is 1. The molecule has 38 heavy (non-hydrogen) atoms. The zero-order valence-electron chi connectivity index (χ0n) is 22.6. The van der Waals surface area contributed by atoms with Gasteiger partial charge in [0.05, 0.1) is 26.2 Å². The van der Waals surface area contributed by atoms with Crippen molar-refractivity contribution < 1.29 is 24.2 Å². The molecular weight excluding hydrogens is 482 g/mol. The minimum atomic E-state index is -0.840. The maximum absolute atomic E-state index is 13.6. The maximum atomic E-state index is 13.6. The minimum absolute atomic E-state index is 0.0315. The van der Waals surface area contributed by atoms with E-state index in [0.717, 1.165) is 53.9 Å². The molecule has 0 aromatic heterocycles. The van der Waals surface area contributed by atoms with Crippen molar-refractivity contribution in [3.63, 3.8) is 0 Å². The van der Waals surface area contributed by atoms with Gasteiger partial charge in [-0.2, -0.15) is 0 Å². The molecule has 2 heterocycles. The molecule has 2 aliphatic rings. The predicted octanol–water partition coefficient (Wildman–Crippen LogP) is 3.32. The van der Waals surface area contributed by atoms with Crippen LogP contribution in [0.25, 0.3) is 0 Å². The summed E-state index contributed by atoms with van der Waals surface area (Å²) in [6.45, 7) is 5.29. The Balaban J connectivity index is 1.66. The Morgan fingerprint density at radius 1 is 1.18 bits per heavy atom. The molecule has 206 valence electrons. The van der Waals surface area contributed by atoms with Gasteiger partial charge in [-0.25, -0.2) is 0 Å². The lowest BCUT2D eigenvalue weighted by Crippen LogP contribution is -2.45. The number of fused-ring (bicyclic) bond motifs is 1. The molecule has 2 aliphatic heterocycles. The number of nitrogens with zero attached hydrogens (tertiary/aromatic N) is 2. The van der Waals surface area contributed by atoms with Crippen molar-refractivity contribution in [2.75, 3.05) is 46.4 Å². The molecule has 3 atom stereocenters. The Kier molecular flexibility index (Phi) is 9.63. The van der Waals surface area contributed by atoms with Crippen LogP contribution in [-0.4, -0.2) is 79.3 Å². The average Bonchev–Trinajstić information content (AvgIpc) is 3.53. The van der Waals surface area contributed by atoms with E-state index in [0.29, 0.717) is 39.2 Å². The van der Waals surface area contributed by atoms with Crippen molar-refractivity contribution in [3.8, 4) is 11.5 Å². The molecule has 0 aliphatic carbocycles. The number of ether oxygens (including phenoxy) is 2. The van der Waals surface area contributed by atoms with Crippen LogP contribution in [0.5, 0.6) is 11.5 Å². The third-order valence-electron chi connectivity index (χ3n) is 7.90. The fraction of sp³-hybridized carbons (Fsp3) is 0.533. The molecular formula is C30H41N3O5. The Morgan fingerprint density at radius 2 is 1.97 bits per heavy atom. The quantitative estimate of drug-likeness (QED) is 0.415. The van der Waals surface area contributed by atoms with Crippen molar-refractivity contribution in [2.45, 2.75) is 51.0 Å². The lowest BCUT2D eigenvalue weighted by atomic mass is 9.82. The highest BCUT2D eigenvalue weighted by Crippen LogP contribution is 2.41. The average molecular weight is 524 g/mol. The number of nitrogens with two attached hydrogens (primary N) is 1. The number of amides is 1. The number of likely N-dealkylation sites (tertiary alicyclic amines) is 1. The standard InChI is InChI=1S/C30H41N3O5/c1-3-4-14-32(15-7-13-31)28(34)20-33-19-24(21-10-11-27-23(17-21)12-16-38-27)29(30(35)36)25(33)18-22-8-5-6-9-26(22)37-2/h5-6,8-11,17,24-25,29H,3-4,7,12-16,18-20,31H2,1-2H3,(H,35,36)/t24-,25+,29?/m1/s1. The van der Waals surface area contributed by atoms with Crippen molar-refractivity contribution in [1.29, 1.82) is 0 Å². The largest absolute Gasteiger partial charge is 0.496 e. The molecule has 1 saturated heterocycles. The van der Waals surface area contributed by atoms with Crippen LogP contribution in [0, 0.1) is 5.92 Å². The molecule has 2 aromatic carbocycles. The maximum Gasteiger partial charge on any atom is 0.308 e. The number of unbranched alkanes of at least 4 members (excludes halogenated alkanes) is 1. The summed E-state index contributed by atoms with van der Waals surface area (Å²) in [6, 6.07) is 13.4. The number of aliphatic carboxylic acids is 1. The molecule has 0 bridgehead atoms. The van der Waals surface area contributed by atoms with Gasteiger partial charge in [-0.15, -0.1) is 0 Å². The summed E-state index contributed by atoms with van der Waals surface area (Å²) < 4.78 is 11.3. The van der Waals surface area contributed by atoms with E-state index in [1.807, 2.05) is 41.3 Å². The molecule has 1 amide bonds. The highest BCUT2D eigenvalue weighted by Gasteiger charge is 2.47. The Bertz CT molecular complexity index is 1100. The van der Waals surface area contributed by atoms with E-state index in [9.17, 15) is 14.7 Å². The van der Waals surface area contributed by atoms with Crippen molar-refractivity contribution in [2.24, 2.45) is 11.7 Å². The zero-order chi connectivity index (χ0) is 27.1. The first-order chi connectivity index (χ1) is 18.5. The van der Waals surface area contributed by atoms with E-state index in [1.54, 1.807) is 7.11 Å². The molecule has 0 radical (unpaired) electrons. The topological polar surface area (TPSA) is 105 Å². The van der Waals surface area contributed by atoms with Gasteiger partial charge in [0.2, 0.25) is 5.91 Å². The van der Waals surface area contributed by atoms with Crippen molar-refractivity contribution in [3.05, 3.63) is 59.2 Å². The fourth-order valence-corrected chi connectivity index (χ4v) is 5.88. The summed E-state index contributed by atoms with van der Waals surface area (Å²) in [6.07, 6.45) is 3.98. The summed E-state index contributed by atoms with van der Waals surface area (Å²) in [5.74, 6) is -0.104. The summed E-state index contributed by atoms with van der Waals surface area (Å²) in [4.78, 5) is 30.4. The van der Waals surface area contributed by atoms with Gasteiger partial charge in [0.25, 0.3) is 0 Å². The van der Waals surface area contributed by atoms with E-state index >= 15 is 0 Å². The number of benzene rings is 2. The number of carbonyl (C=O) groups is 2. The normalized spacial score (nSPS) is 20.7. The molecule has 3 N–H and O–H groups in total. The summed E-state index contributed by atoms with van der Waals surface area (Å²) in [7, 11) is 1.63. The van der Waals surface area contributed by atoms with Crippen LogP contribution in [0.15, 0.2) is 42.5 Å². The lowest BCUT2D eigenvalue weighted by molar-refractivity contribution is -0.143. The van der Waals surface area contributed by atoms with Gasteiger partial charge in [-0.3, -0.25) is 14.5 Å². The van der Waals surface area contributed by atoms with E-state index in [1.165, 1.54) is 0 Å². The zero-order valence-corrected chi connectivity index (χ0v) is 22.6. The minimum Gasteiger partial charge on any atom is -0.496 e. The van der Waals surface area contributed by atoms with Gasteiger partial charge < -0.3 is 25.2 Å². The first-order valence-corrected chi connectivity index (χ1v) is 13.8. The van der Waals surface area contributed by atoms with Gasteiger partial charge in [0, 0.05) is 38.0 Å². The monoisotopic (exact) mass is 523 g/mol. The SMILES string of the molecule is CCCCN(CCCN)C(=O)CN1C[C@H](c2ccc3c(c2)CCO3)C(C(=O)O)[C@@H]1Cc1ccccc1OC. The van der Waals surface area contributed by atoms with Gasteiger partial charge >= 0.3 is 5.97 Å². The first-order valence-electron chi connectivity index (χ1n) is 13.8. The van der Waals surface area contributed by atoms with E-state index in [2.05, 4.69) is 17.9 Å². The number of hydrogen-bond donors (Lipinski definition) is 2. The Morgan fingerprint density at radius 3 is 2.71 bits per heavy atom. The summed E-state index contributed by atoms with van der Waals surface area (Å²) in [5.41, 5.74) is 8.80. The second kappa shape index (κ2) is 13.1. The smallest absolute Gasteiger partial charge is 0.308 e. The number of carbonyl (C=O) groups excluding carboxylic acids is 1. The molecule has 1 unspecified atom stereocenters. The molecule has 4 rings (SSSR count). The van der Waals surface area contributed by atoms with E-state index in [-0.39, 0.29) is 24.4 Å². The van der Waals surface area contributed by atoms with Gasteiger partial charge in [0.15, 0.2) is 0 Å². The second-order valence-corrected chi connectivity index (χ2v) is 10.3. The number of hydrogen-bond acceptors (Lipinski definition) is 6. The van der Waals surface area contributed by atoms with Crippen molar-refractivity contribution >= 4 is 11.9 Å². The highest BCUT2D eigenvalue weighted by molar-refractivity contribution is 5.79. The van der Waals surface area contributed by atoms with Gasteiger partial charge in [0.1, 0.15) is 11.5 Å². The third-order valence-corrected chi connectivity index (χ3v) is 7.90. The van der Waals surface area contributed by atoms with Gasteiger partial charge in [-0.1, -0.05) is 43.7 Å². The first kappa shape index (κ1) is 27.9. The molecule has 2 aromatic rings. The Hall–Kier alpha value is -3.10. The van der Waals surface area contributed by atoms with Crippen LogP contribution < -0.4 is 15.2 Å². The number of carboxylic acid groups (broad SMARTS) is 1. The number of para-hydroxylation sites is 1. The summed E-state index contributed by atoms with van der Waals surface area (Å²) in [5, 5.41) is 10.5. The molecule has 0 spiro atoms. The van der Waals surface area contributed by atoms with Crippen molar-refractivity contribution in [1.82, 2.24) is 9.80 Å². The van der Waals surface area contributed by atoms with Gasteiger partial charge in [-0.05, 0) is 54.6 Å². The second-order valence-electron chi connectivity index (χ2n) is 10.3. The molecule has 8 nitrogen and oxygen atoms in total. The Labute approximate surface area is 225 Å². The van der Waals surface area contributed by atoms with Crippen LogP contribution in [-0.2, 0) is 22.4 Å². The fourth-order valence-electron chi connectivity index (χ4n) is 5.88. The molecule has 8 heteroatoms. The van der Waals surface area contributed by atoms with Crippen LogP contribution in [0.2, 0.25) is 0 Å². The van der Waals surface area contributed by atoms with E-state index < -0.39 is 11.9 Å². The predicted molar refractivity (Wildman–Crippen MR) is 147 cm³/mol. The van der Waals surface area contributed by atoms with Crippen LogP contribution in [0.1, 0.15) is 48.8 Å². The number of rotatable bonds is 13. The molecule has 0 saturated carbocycles. The third kappa shape index (κ3) is 6.30. The van der Waals surface area contributed by atoms with Crippen LogP contribution in [0.4, 0.5) is 0 Å². The van der Waals surface area contributed by atoms with E-state index in [4.69, 9.17) is 15.2 Å². The highest BCUT2D eigenvalue weighted by atomic mass is 16.5. The number of methoxy groups -OCH3 is 1. The van der Waals surface area contributed by atoms with Crippen LogP contribution >= 0.6 is 0 Å².